The second-order valence-corrected chi connectivity index (χ2v) is 3.35. The molecular formula is C10H19N3. The zero-order valence-corrected chi connectivity index (χ0v) is 8.75. The number of nitrogens with zero attached hydrogens (tertiary/aromatic N) is 2. The van der Waals surface area contributed by atoms with E-state index in [0.29, 0.717) is 6.04 Å². The lowest BCUT2D eigenvalue weighted by Gasteiger charge is -2.14. The first kappa shape index (κ1) is 10.3. The molecule has 1 aromatic rings. The van der Waals surface area contributed by atoms with E-state index in [1.54, 1.807) is 0 Å². The van der Waals surface area contributed by atoms with Gasteiger partial charge in [-0.2, -0.15) is 5.10 Å². The number of aryl methyl sites for hydroxylation is 1. The molecular weight excluding hydrogens is 162 g/mol. The van der Waals surface area contributed by atoms with Gasteiger partial charge < -0.3 is 5.32 Å². The van der Waals surface area contributed by atoms with Gasteiger partial charge in [0.05, 0.1) is 6.20 Å². The van der Waals surface area contributed by atoms with Crippen molar-refractivity contribution in [3.8, 4) is 0 Å². The average Bonchev–Trinajstić information content (AvgIpc) is 2.51. The molecule has 1 N–H and O–H groups in total. The standard InChI is InChI=1S/C10H19N3/c1-4-6-10(11-5-2)9-7-12-13(3)8-9/h7-8,10-11H,4-6H2,1-3H3. The molecule has 0 spiro atoms. The molecule has 0 radical (unpaired) electrons. The van der Waals surface area contributed by atoms with Crippen molar-refractivity contribution < 1.29 is 0 Å². The summed E-state index contributed by atoms with van der Waals surface area (Å²) in [6.45, 7) is 5.36. The first-order valence-electron chi connectivity index (χ1n) is 4.99. The van der Waals surface area contributed by atoms with E-state index in [1.807, 2.05) is 17.9 Å². The van der Waals surface area contributed by atoms with Gasteiger partial charge >= 0.3 is 0 Å². The van der Waals surface area contributed by atoms with Crippen LogP contribution in [0.2, 0.25) is 0 Å². The minimum Gasteiger partial charge on any atom is -0.310 e. The van der Waals surface area contributed by atoms with Gasteiger partial charge in [-0.05, 0) is 13.0 Å². The predicted molar refractivity (Wildman–Crippen MR) is 54.5 cm³/mol. The van der Waals surface area contributed by atoms with Crippen molar-refractivity contribution in [2.75, 3.05) is 6.54 Å². The zero-order chi connectivity index (χ0) is 9.68. The van der Waals surface area contributed by atoms with Crippen LogP contribution in [-0.2, 0) is 7.05 Å². The van der Waals surface area contributed by atoms with E-state index in [9.17, 15) is 0 Å². The number of hydrogen-bond acceptors (Lipinski definition) is 2. The fourth-order valence-corrected chi connectivity index (χ4v) is 1.54. The molecule has 1 unspecified atom stereocenters. The first-order chi connectivity index (χ1) is 6.27. The summed E-state index contributed by atoms with van der Waals surface area (Å²) in [6.07, 6.45) is 6.41. The maximum Gasteiger partial charge on any atom is 0.0537 e. The van der Waals surface area contributed by atoms with E-state index in [2.05, 4.69) is 30.5 Å². The van der Waals surface area contributed by atoms with Gasteiger partial charge in [-0.3, -0.25) is 4.68 Å². The molecule has 3 nitrogen and oxygen atoms in total. The van der Waals surface area contributed by atoms with E-state index in [4.69, 9.17) is 0 Å². The third kappa shape index (κ3) is 2.84. The molecule has 0 fully saturated rings. The van der Waals surface area contributed by atoms with Gasteiger partial charge in [0.15, 0.2) is 0 Å². The SMILES string of the molecule is CCCC(NCC)c1cnn(C)c1. The van der Waals surface area contributed by atoms with Crippen LogP contribution in [0.4, 0.5) is 0 Å². The van der Waals surface area contributed by atoms with Crippen molar-refractivity contribution in [2.24, 2.45) is 7.05 Å². The van der Waals surface area contributed by atoms with E-state index in [-0.39, 0.29) is 0 Å². The minimum absolute atomic E-state index is 0.476. The summed E-state index contributed by atoms with van der Waals surface area (Å²) in [7, 11) is 1.96. The number of hydrogen-bond donors (Lipinski definition) is 1. The van der Waals surface area contributed by atoms with Crippen molar-refractivity contribution in [1.29, 1.82) is 0 Å². The van der Waals surface area contributed by atoms with E-state index in [0.717, 1.165) is 6.54 Å². The van der Waals surface area contributed by atoms with Crippen molar-refractivity contribution >= 4 is 0 Å². The van der Waals surface area contributed by atoms with Gasteiger partial charge in [-0.15, -0.1) is 0 Å². The normalized spacial score (nSPS) is 13.2. The van der Waals surface area contributed by atoms with Gasteiger partial charge in [0, 0.05) is 24.8 Å². The maximum absolute atomic E-state index is 4.18. The third-order valence-corrected chi connectivity index (χ3v) is 2.16. The summed E-state index contributed by atoms with van der Waals surface area (Å²) >= 11 is 0. The molecule has 1 aromatic heterocycles. The van der Waals surface area contributed by atoms with Crippen LogP contribution < -0.4 is 5.32 Å². The molecule has 0 aliphatic heterocycles. The summed E-state index contributed by atoms with van der Waals surface area (Å²) in [5.41, 5.74) is 1.30. The molecule has 0 aliphatic rings. The van der Waals surface area contributed by atoms with Gasteiger partial charge in [0.1, 0.15) is 0 Å². The van der Waals surface area contributed by atoms with Crippen LogP contribution >= 0.6 is 0 Å². The summed E-state index contributed by atoms with van der Waals surface area (Å²) in [6, 6.07) is 0.476. The van der Waals surface area contributed by atoms with Crippen molar-refractivity contribution in [3.05, 3.63) is 18.0 Å². The van der Waals surface area contributed by atoms with Crippen molar-refractivity contribution in [2.45, 2.75) is 32.7 Å². The van der Waals surface area contributed by atoms with Crippen LogP contribution in [0, 0.1) is 0 Å². The van der Waals surface area contributed by atoms with Crippen molar-refractivity contribution in [1.82, 2.24) is 15.1 Å². The smallest absolute Gasteiger partial charge is 0.0537 e. The van der Waals surface area contributed by atoms with Gasteiger partial charge in [-0.25, -0.2) is 0 Å². The Hall–Kier alpha value is -0.830. The van der Waals surface area contributed by atoms with E-state index in [1.165, 1.54) is 18.4 Å². The Bertz CT molecular complexity index is 236. The predicted octanol–water partition coefficient (Wildman–Crippen LogP) is 1.87. The molecule has 0 aliphatic carbocycles. The summed E-state index contributed by atoms with van der Waals surface area (Å²) in [4.78, 5) is 0. The van der Waals surface area contributed by atoms with Crippen LogP contribution in [0.25, 0.3) is 0 Å². The van der Waals surface area contributed by atoms with Crippen LogP contribution in [0.15, 0.2) is 12.4 Å². The maximum atomic E-state index is 4.18. The lowest BCUT2D eigenvalue weighted by molar-refractivity contribution is 0.509. The molecule has 74 valence electrons. The lowest BCUT2D eigenvalue weighted by atomic mass is 10.1. The fraction of sp³-hybridized carbons (Fsp3) is 0.700. The monoisotopic (exact) mass is 181 g/mol. The van der Waals surface area contributed by atoms with Crippen LogP contribution in [0.1, 0.15) is 38.3 Å². The number of rotatable bonds is 5. The lowest BCUT2D eigenvalue weighted by Crippen LogP contribution is -2.20. The minimum atomic E-state index is 0.476. The topological polar surface area (TPSA) is 29.9 Å². The molecule has 1 heterocycles. The Kier molecular flexibility index (Phi) is 3.96. The molecule has 13 heavy (non-hydrogen) atoms. The van der Waals surface area contributed by atoms with Crippen LogP contribution in [0.5, 0.6) is 0 Å². The molecule has 0 saturated carbocycles. The van der Waals surface area contributed by atoms with Gasteiger partial charge in [0.2, 0.25) is 0 Å². The quantitative estimate of drug-likeness (QED) is 0.751. The van der Waals surface area contributed by atoms with E-state index >= 15 is 0 Å². The Labute approximate surface area is 80.1 Å². The van der Waals surface area contributed by atoms with Crippen LogP contribution in [-0.4, -0.2) is 16.3 Å². The summed E-state index contributed by atoms with van der Waals surface area (Å²) < 4.78 is 1.86. The summed E-state index contributed by atoms with van der Waals surface area (Å²) in [5, 5.41) is 7.64. The fourth-order valence-electron chi connectivity index (χ4n) is 1.54. The molecule has 1 atom stereocenters. The Morgan fingerprint density at radius 2 is 2.31 bits per heavy atom. The first-order valence-corrected chi connectivity index (χ1v) is 4.99. The average molecular weight is 181 g/mol. The van der Waals surface area contributed by atoms with Gasteiger partial charge in [0.25, 0.3) is 0 Å². The highest BCUT2D eigenvalue weighted by molar-refractivity contribution is 5.09. The second-order valence-electron chi connectivity index (χ2n) is 3.35. The largest absolute Gasteiger partial charge is 0.310 e. The number of nitrogens with one attached hydrogen (secondary N) is 1. The molecule has 0 saturated heterocycles. The van der Waals surface area contributed by atoms with E-state index < -0.39 is 0 Å². The Morgan fingerprint density at radius 3 is 2.77 bits per heavy atom. The zero-order valence-electron chi connectivity index (χ0n) is 8.75. The highest BCUT2D eigenvalue weighted by atomic mass is 15.2. The molecule has 0 amide bonds. The molecule has 1 rings (SSSR count). The number of aromatic nitrogens is 2. The molecule has 0 aromatic carbocycles. The highest BCUT2D eigenvalue weighted by Crippen LogP contribution is 2.16. The Morgan fingerprint density at radius 1 is 1.54 bits per heavy atom. The van der Waals surface area contributed by atoms with Crippen molar-refractivity contribution in [3.63, 3.8) is 0 Å². The molecule has 0 bridgehead atoms. The third-order valence-electron chi connectivity index (χ3n) is 2.16. The van der Waals surface area contributed by atoms with Gasteiger partial charge in [-0.1, -0.05) is 20.3 Å². The highest BCUT2D eigenvalue weighted by Gasteiger charge is 2.09. The summed E-state index contributed by atoms with van der Waals surface area (Å²) in [5.74, 6) is 0. The Balaban J connectivity index is 2.63. The second kappa shape index (κ2) is 5.02. The van der Waals surface area contributed by atoms with Crippen LogP contribution in [0.3, 0.4) is 0 Å². The molecule has 3 heteroatoms.